The second kappa shape index (κ2) is 18.7. The van der Waals surface area contributed by atoms with Crippen molar-refractivity contribution in [3.63, 3.8) is 0 Å². The number of carbonyl (C=O) groups excluding carboxylic acids is 1. The number of carbonyl (C=O) groups is 1. The van der Waals surface area contributed by atoms with E-state index in [1.807, 2.05) is 0 Å². The molecule has 1 rings (SSSR count). The van der Waals surface area contributed by atoms with Gasteiger partial charge in [-0.15, -0.1) is 0 Å². The Morgan fingerprint density at radius 3 is 2.29 bits per heavy atom. The highest BCUT2D eigenvalue weighted by molar-refractivity contribution is 5.77. The molecule has 4 N–H and O–H groups in total. The molecule has 0 unspecified atom stereocenters. The first kappa shape index (κ1) is 28.2. The van der Waals surface area contributed by atoms with Gasteiger partial charge in [0.1, 0.15) is 18.8 Å². The smallest absolute Gasteiger partial charge is 0.245 e. The van der Waals surface area contributed by atoms with Crippen molar-refractivity contribution in [3.8, 4) is 0 Å². The summed E-state index contributed by atoms with van der Waals surface area (Å²) in [6.07, 6.45) is 2.30. The van der Waals surface area contributed by atoms with E-state index in [0.29, 0.717) is 39.6 Å². The van der Waals surface area contributed by atoms with Crippen molar-refractivity contribution < 1.29 is 43.8 Å². The van der Waals surface area contributed by atoms with Crippen LogP contribution in [0.4, 0.5) is 0 Å². The lowest BCUT2D eigenvalue weighted by Gasteiger charge is -2.35. The Morgan fingerprint density at radius 1 is 0.968 bits per heavy atom. The number of unbranched alkanes of at least 4 members (excludes halogenated alkanes) is 4. The van der Waals surface area contributed by atoms with Crippen molar-refractivity contribution in [2.45, 2.75) is 70.1 Å². The van der Waals surface area contributed by atoms with Crippen LogP contribution in [0.15, 0.2) is 0 Å². The summed E-state index contributed by atoms with van der Waals surface area (Å²) in [6.45, 7) is 4.59. The highest BCUT2D eigenvalue weighted by atomic mass is 16.7. The van der Waals surface area contributed by atoms with Crippen LogP contribution in [-0.2, 0) is 28.5 Å². The van der Waals surface area contributed by atoms with Gasteiger partial charge in [0.15, 0.2) is 6.29 Å². The summed E-state index contributed by atoms with van der Waals surface area (Å²) < 4.78 is 26.8. The van der Waals surface area contributed by atoms with Gasteiger partial charge >= 0.3 is 0 Å². The fraction of sp³-hybridized carbons (Fsp3) is 0.952. The summed E-state index contributed by atoms with van der Waals surface area (Å²) in [6, 6.07) is 0. The highest BCUT2D eigenvalue weighted by Crippen LogP contribution is 2.20. The number of amides is 1. The van der Waals surface area contributed by atoms with E-state index in [9.17, 15) is 15.0 Å². The van der Waals surface area contributed by atoms with Gasteiger partial charge in [-0.1, -0.05) is 32.6 Å². The van der Waals surface area contributed by atoms with Crippen LogP contribution in [0.2, 0.25) is 0 Å². The van der Waals surface area contributed by atoms with Gasteiger partial charge in [0.2, 0.25) is 5.91 Å². The predicted octanol–water partition coefficient (Wildman–Crippen LogP) is -0.0315. The third-order valence-electron chi connectivity index (χ3n) is 4.83. The van der Waals surface area contributed by atoms with Crippen molar-refractivity contribution in [2.75, 3.05) is 59.4 Å². The minimum absolute atomic E-state index is 0.0399. The van der Waals surface area contributed by atoms with E-state index in [2.05, 4.69) is 12.2 Å². The molecule has 1 heterocycles. The Balaban J connectivity index is 1.84. The number of aliphatic hydroxyl groups excluding tert-OH is 3. The SMILES string of the molecule is CCCCCCCNC(=O)COCCOCCOCCO[C@H]1C[C@@H](O)[C@@H](O)[C@@H](CO)O1. The molecular weight excluding hydrogens is 410 g/mol. The summed E-state index contributed by atoms with van der Waals surface area (Å²) in [5.74, 6) is -0.104. The zero-order valence-corrected chi connectivity index (χ0v) is 18.7. The fourth-order valence-corrected chi connectivity index (χ4v) is 3.02. The monoisotopic (exact) mass is 451 g/mol. The zero-order chi connectivity index (χ0) is 22.7. The normalized spacial score (nSPS) is 23.7. The average Bonchev–Trinajstić information content (AvgIpc) is 2.76. The van der Waals surface area contributed by atoms with Gasteiger partial charge < -0.3 is 44.3 Å². The minimum Gasteiger partial charge on any atom is -0.394 e. The summed E-state index contributed by atoms with van der Waals surface area (Å²) >= 11 is 0. The second-order valence-corrected chi connectivity index (χ2v) is 7.49. The first-order valence-corrected chi connectivity index (χ1v) is 11.3. The van der Waals surface area contributed by atoms with Gasteiger partial charge in [0, 0.05) is 13.0 Å². The van der Waals surface area contributed by atoms with Crippen LogP contribution < -0.4 is 5.32 Å². The Labute approximate surface area is 185 Å². The third-order valence-corrected chi connectivity index (χ3v) is 4.83. The standard InChI is InChI=1S/C21H41NO9/c1-2-3-4-5-6-7-22-19(25)16-29-11-10-27-8-9-28-12-13-30-20-14-17(24)21(26)18(15-23)31-20/h17-18,20-21,23-24,26H,2-16H2,1H3,(H,22,25)/t17-,18-,20-,21-/m1/s1. The van der Waals surface area contributed by atoms with E-state index in [-0.39, 0.29) is 32.1 Å². The molecule has 1 saturated heterocycles. The van der Waals surface area contributed by atoms with E-state index < -0.39 is 24.6 Å². The summed E-state index contributed by atoms with van der Waals surface area (Å²) in [7, 11) is 0. The maximum atomic E-state index is 11.6. The van der Waals surface area contributed by atoms with E-state index in [4.69, 9.17) is 28.8 Å². The van der Waals surface area contributed by atoms with Crippen LogP contribution in [0.5, 0.6) is 0 Å². The Hall–Kier alpha value is -0.850. The molecule has 1 amide bonds. The van der Waals surface area contributed by atoms with Crippen LogP contribution in [0.1, 0.15) is 45.4 Å². The quantitative estimate of drug-likeness (QED) is 0.200. The van der Waals surface area contributed by atoms with Gasteiger partial charge in [-0.2, -0.15) is 0 Å². The number of aliphatic hydroxyl groups is 3. The van der Waals surface area contributed by atoms with Crippen molar-refractivity contribution in [3.05, 3.63) is 0 Å². The molecule has 0 saturated carbocycles. The lowest BCUT2D eigenvalue weighted by atomic mass is 10.0. The van der Waals surface area contributed by atoms with Crippen LogP contribution in [0.3, 0.4) is 0 Å². The molecule has 1 aliphatic rings. The van der Waals surface area contributed by atoms with Crippen LogP contribution in [-0.4, -0.2) is 105 Å². The molecule has 0 aromatic heterocycles. The van der Waals surface area contributed by atoms with E-state index in [1.165, 1.54) is 19.3 Å². The maximum absolute atomic E-state index is 11.6. The van der Waals surface area contributed by atoms with Gasteiger partial charge in [-0.25, -0.2) is 0 Å². The van der Waals surface area contributed by atoms with Crippen LogP contribution in [0, 0.1) is 0 Å². The van der Waals surface area contributed by atoms with Gasteiger partial charge in [0.25, 0.3) is 0 Å². The number of hydrogen-bond acceptors (Lipinski definition) is 9. The largest absolute Gasteiger partial charge is 0.394 e. The molecular formula is C21H41NO9. The molecule has 10 nitrogen and oxygen atoms in total. The molecule has 0 spiro atoms. The van der Waals surface area contributed by atoms with E-state index >= 15 is 0 Å². The van der Waals surface area contributed by atoms with Gasteiger partial charge in [-0.3, -0.25) is 4.79 Å². The third kappa shape index (κ3) is 14.0. The highest BCUT2D eigenvalue weighted by Gasteiger charge is 2.36. The predicted molar refractivity (Wildman–Crippen MR) is 113 cm³/mol. The Bertz CT molecular complexity index is 441. The number of nitrogens with one attached hydrogen (secondary N) is 1. The summed E-state index contributed by atoms with van der Waals surface area (Å²) in [5, 5.41) is 31.3. The van der Waals surface area contributed by atoms with Crippen LogP contribution >= 0.6 is 0 Å². The lowest BCUT2D eigenvalue weighted by molar-refractivity contribution is -0.259. The van der Waals surface area contributed by atoms with Crippen molar-refractivity contribution >= 4 is 5.91 Å². The average molecular weight is 452 g/mol. The zero-order valence-electron chi connectivity index (χ0n) is 18.7. The second-order valence-electron chi connectivity index (χ2n) is 7.49. The molecule has 0 radical (unpaired) electrons. The van der Waals surface area contributed by atoms with Crippen molar-refractivity contribution in [1.82, 2.24) is 5.32 Å². The molecule has 10 heteroatoms. The first-order valence-electron chi connectivity index (χ1n) is 11.3. The maximum Gasteiger partial charge on any atom is 0.245 e. The van der Waals surface area contributed by atoms with Crippen LogP contribution in [0.25, 0.3) is 0 Å². The lowest BCUT2D eigenvalue weighted by Crippen LogP contribution is -2.50. The Kier molecular flexibility index (Phi) is 17.0. The van der Waals surface area contributed by atoms with Gasteiger partial charge in [-0.05, 0) is 6.42 Å². The fourth-order valence-electron chi connectivity index (χ4n) is 3.02. The van der Waals surface area contributed by atoms with Crippen molar-refractivity contribution in [2.24, 2.45) is 0 Å². The number of rotatable bonds is 19. The molecule has 184 valence electrons. The van der Waals surface area contributed by atoms with Gasteiger partial charge in [0.05, 0.1) is 52.4 Å². The first-order chi connectivity index (χ1) is 15.1. The molecule has 0 bridgehead atoms. The Morgan fingerprint density at radius 2 is 1.61 bits per heavy atom. The molecule has 1 aliphatic heterocycles. The molecule has 31 heavy (non-hydrogen) atoms. The molecule has 4 atom stereocenters. The summed E-state index contributed by atoms with van der Waals surface area (Å²) in [4.78, 5) is 11.6. The number of ether oxygens (including phenoxy) is 5. The number of hydrogen-bond donors (Lipinski definition) is 4. The molecule has 1 fully saturated rings. The summed E-state index contributed by atoms with van der Waals surface area (Å²) in [5.41, 5.74) is 0. The van der Waals surface area contributed by atoms with E-state index in [0.717, 1.165) is 12.8 Å². The molecule has 0 aromatic carbocycles. The molecule has 0 aromatic rings. The van der Waals surface area contributed by atoms with E-state index in [1.54, 1.807) is 0 Å². The molecule has 0 aliphatic carbocycles. The topological polar surface area (TPSA) is 136 Å². The van der Waals surface area contributed by atoms with Crippen molar-refractivity contribution in [1.29, 1.82) is 0 Å². The minimum atomic E-state index is -1.11.